The number of anilines is 1. The molecule has 1 amide bonds. The molecule has 0 saturated carbocycles. The Bertz CT molecular complexity index is 525. The Labute approximate surface area is 134 Å². The maximum Gasteiger partial charge on any atom is 0.244 e. The summed E-state index contributed by atoms with van der Waals surface area (Å²) >= 11 is 3.45. The van der Waals surface area contributed by atoms with Crippen LogP contribution in [0.2, 0.25) is 0 Å². The summed E-state index contributed by atoms with van der Waals surface area (Å²) in [6.45, 7) is 4.99. The molecule has 1 saturated heterocycles. The van der Waals surface area contributed by atoms with Gasteiger partial charge in [-0.2, -0.15) is 0 Å². The van der Waals surface area contributed by atoms with Crippen LogP contribution in [0.5, 0.6) is 5.75 Å². The quantitative estimate of drug-likeness (QED) is 0.848. The van der Waals surface area contributed by atoms with Gasteiger partial charge in [-0.1, -0.05) is 29.3 Å². The Balaban J connectivity index is 2.26. The summed E-state index contributed by atoms with van der Waals surface area (Å²) in [5.41, 5.74) is 1.31. The first kappa shape index (κ1) is 16.3. The Morgan fingerprint density at radius 2 is 2.29 bits per heavy atom. The van der Waals surface area contributed by atoms with Crippen LogP contribution in [0.15, 0.2) is 16.6 Å². The van der Waals surface area contributed by atoms with E-state index in [4.69, 9.17) is 4.74 Å². The van der Waals surface area contributed by atoms with Gasteiger partial charge in [-0.25, -0.2) is 0 Å². The fourth-order valence-corrected chi connectivity index (χ4v) is 3.57. The van der Waals surface area contributed by atoms with Gasteiger partial charge >= 0.3 is 0 Å². The Morgan fingerprint density at radius 3 is 2.86 bits per heavy atom. The van der Waals surface area contributed by atoms with Crippen molar-refractivity contribution in [3.05, 3.63) is 22.2 Å². The first-order valence-electron chi connectivity index (χ1n) is 7.43. The maximum atomic E-state index is 12.8. The van der Waals surface area contributed by atoms with E-state index in [-0.39, 0.29) is 5.91 Å². The number of benzene rings is 1. The molecule has 1 aliphatic heterocycles. The predicted octanol–water partition coefficient (Wildman–Crippen LogP) is 3.63. The standard InChI is InChI=1S/C16H23BrN2O2/c1-4-6-16(7-5-8-18-16)15(20)19-14-11(2)9-12(17)10-13(14)21-3/h9-10,18H,4-8H2,1-3H3,(H,19,20). The van der Waals surface area contributed by atoms with Gasteiger partial charge in [0.25, 0.3) is 0 Å². The van der Waals surface area contributed by atoms with Crippen molar-refractivity contribution in [1.29, 1.82) is 0 Å². The summed E-state index contributed by atoms with van der Waals surface area (Å²) in [4.78, 5) is 12.8. The lowest BCUT2D eigenvalue weighted by Crippen LogP contribution is -2.50. The SMILES string of the molecule is CCCC1(C(=O)Nc2c(C)cc(Br)cc2OC)CCCN1. The van der Waals surface area contributed by atoms with Gasteiger partial charge in [0, 0.05) is 4.47 Å². The molecule has 21 heavy (non-hydrogen) atoms. The molecular formula is C16H23BrN2O2. The lowest BCUT2D eigenvalue weighted by atomic mass is 9.90. The van der Waals surface area contributed by atoms with Crippen LogP contribution in [0, 0.1) is 6.92 Å². The van der Waals surface area contributed by atoms with E-state index in [1.54, 1.807) is 7.11 Å². The monoisotopic (exact) mass is 354 g/mol. The van der Waals surface area contributed by atoms with Crippen LogP contribution >= 0.6 is 15.9 Å². The zero-order valence-electron chi connectivity index (χ0n) is 12.9. The van der Waals surface area contributed by atoms with E-state index in [1.165, 1.54) is 0 Å². The minimum absolute atomic E-state index is 0.0468. The second-order valence-corrected chi connectivity index (χ2v) is 6.53. The Hall–Kier alpha value is -1.07. The lowest BCUT2D eigenvalue weighted by Gasteiger charge is -2.28. The fourth-order valence-electron chi connectivity index (χ4n) is 3.02. The predicted molar refractivity (Wildman–Crippen MR) is 88.9 cm³/mol. The third kappa shape index (κ3) is 3.40. The van der Waals surface area contributed by atoms with E-state index >= 15 is 0 Å². The molecule has 1 aromatic carbocycles. The third-order valence-corrected chi connectivity index (χ3v) is 4.54. The van der Waals surface area contributed by atoms with Gasteiger partial charge in [0.05, 0.1) is 18.3 Å². The molecule has 1 heterocycles. The molecule has 0 bridgehead atoms. The topological polar surface area (TPSA) is 50.4 Å². The molecule has 0 radical (unpaired) electrons. The summed E-state index contributed by atoms with van der Waals surface area (Å²) in [6.07, 6.45) is 3.78. The highest BCUT2D eigenvalue weighted by atomic mass is 79.9. The number of methoxy groups -OCH3 is 1. The third-order valence-electron chi connectivity index (χ3n) is 4.08. The van der Waals surface area contributed by atoms with Crippen molar-refractivity contribution in [2.24, 2.45) is 0 Å². The van der Waals surface area contributed by atoms with Crippen LogP contribution in [0.1, 0.15) is 38.2 Å². The van der Waals surface area contributed by atoms with E-state index < -0.39 is 5.54 Å². The Morgan fingerprint density at radius 1 is 1.52 bits per heavy atom. The number of carbonyl (C=O) groups excluding carboxylic acids is 1. The Kier molecular flexibility index (Phi) is 5.27. The number of nitrogens with one attached hydrogen (secondary N) is 2. The van der Waals surface area contributed by atoms with Gasteiger partial charge in [0.15, 0.2) is 0 Å². The number of carbonyl (C=O) groups is 1. The largest absolute Gasteiger partial charge is 0.495 e. The van der Waals surface area contributed by atoms with Crippen molar-refractivity contribution in [2.75, 3.05) is 19.0 Å². The zero-order chi connectivity index (χ0) is 15.5. The summed E-state index contributed by atoms with van der Waals surface area (Å²) in [5.74, 6) is 0.727. The number of amides is 1. The number of ether oxygens (including phenoxy) is 1. The van der Waals surface area contributed by atoms with Crippen LogP contribution < -0.4 is 15.4 Å². The zero-order valence-corrected chi connectivity index (χ0v) is 14.5. The first-order valence-corrected chi connectivity index (χ1v) is 8.22. The molecule has 0 spiro atoms. The van der Waals surface area contributed by atoms with Crippen LogP contribution in [-0.4, -0.2) is 25.1 Å². The summed E-state index contributed by atoms with van der Waals surface area (Å²) < 4.78 is 6.34. The van der Waals surface area contributed by atoms with Gasteiger partial charge < -0.3 is 15.4 Å². The minimum Gasteiger partial charge on any atom is -0.495 e. The highest BCUT2D eigenvalue weighted by Crippen LogP contribution is 2.34. The van der Waals surface area contributed by atoms with Crippen molar-refractivity contribution in [3.63, 3.8) is 0 Å². The van der Waals surface area contributed by atoms with E-state index in [0.29, 0.717) is 5.75 Å². The van der Waals surface area contributed by atoms with E-state index in [1.807, 2.05) is 19.1 Å². The molecule has 5 heteroatoms. The smallest absolute Gasteiger partial charge is 0.244 e. The average Bonchev–Trinajstić information content (AvgIpc) is 2.91. The highest BCUT2D eigenvalue weighted by Gasteiger charge is 2.40. The molecule has 1 atom stereocenters. The average molecular weight is 355 g/mol. The molecule has 2 N–H and O–H groups in total. The van der Waals surface area contributed by atoms with Crippen LogP contribution in [0.25, 0.3) is 0 Å². The molecule has 0 aromatic heterocycles. The van der Waals surface area contributed by atoms with Crippen molar-refractivity contribution < 1.29 is 9.53 Å². The fraction of sp³-hybridized carbons (Fsp3) is 0.562. The molecule has 1 aliphatic rings. The second-order valence-electron chi connectivity index (χ2n) is 5.62. The number of hydrogen-bond donors (Lipinski definition) is 2. The number of hydrogen-bond acceptors (Lipinski definition) is 3. The van der Waals surface area contributed by atoms with Gasteiger partial charge in [-0.15, -0.1) is 0 Å². The molecule has 0 aliphatic carbocycles. The maximum absolute atomic E-state index is 12.8. The highest BCUT2D eigenvalue weighted by molar-refractivity contribution is 9.10. The molecule has 4 nitrogen and oxygen atoms in total. The minimum atomic E-state index is -0.431. The number of aryl methyl sites for hydroxylation is 1. The van der Waals surface area contributed by atoms with E-state index in [9.17, 15) is 4.79 Å². The van der Waals surface area contributed by atoms with Crippen molar-refractivity contribution >= 4 is 27.5 Å². The normalized spacial score (nSPS) is 21.3. The van der Waals surface area contributed by atoms with E-state index in [2.05, 4.69) is 33.5 Å². The second kappa shape index (κ2) is 6.79. The first-order chi connectivity index (χ1) is 10.0. The van der Waals surface area contributed by atoms with Crippen LogP contribution in [0.4, 0.5) is 5.69 Å². The van der Waals surface area contributed by atoms with Gasteiger partial charge in [-0.3, -0.25) is 4.79 Å². The molecular weight excluding hydrogens is 332 g/mol. The molecule has 116 valence electrons. The van der Waals surface area contributed by atoms with Crippen LogP contribution in [-0.2, 0) is 4.79 Å². The van der Waals surface area contributed by atoms with Gasteiger partial charge in [0.1, 0.15) is 5.75 Å². The van der Waals surface area contributed by atoms with Gasteiger partial charge in [-0.05, 0) is 50.4 Å². The van der Waals surface area contributed by atoms with Crippen molar-refractivity contribution in [2.45, 2.75) is 45.1 Å². The molecule has 2 rings (SSSR count). The summed E-state index contributed by atoms with van der Waals surface area (Å²) in [7, 11) is 1.62. The lowest BCUT2D eigenvalue weighted by molar-refractivity contribution is -0.122. The molecule has 1 unspecified atom stereocenters. The number of rotatable bonds is 5. The molecule has 1 fully saturated rings. The number of halogens is 1. The summed E-state index contributed by atoms with van der Waals surface area (Å²) in [6, 6.07) is 3.85. The summed E-state index contributed by atoms with van der Waals surface area (Å²) in [5, 5.41) is 6.47. The van der Waals surface area contributed by atoms with Gasteiger partial charge in [0.2, 0.25) is 5.91 Å². The molecule has 1 aromatic rings. The van der Waals surface area contributed by atoms with Crippen molar-refractivity contribution in [1.82, 2.24) is 5.32 Å². The van der Waals surface area contributed by atoms with E-state index in [0.717, 1.165) is 48.0 Å². The van der Waals surface area contributed by atoms with Crippen molar-refractivity contribution in [3.8, 4) is 5.75 Å². The van der Waals surface area contributed by atoms with Crippen LogP contribution in [0.3, 0.4) is 0 Å².